The van der Waals surface area contributed by atoms with E-state index >= 15 is 0 Å². The molecule has 8 rings (SSSR count). The van der Waals surface area contributed by atoms with Crippen molar-refractivity contribution in [3.05, 3.63) is 71.3 Å². The minimum Gasteiger partial charge on any atom is -1.00 e. The summed E-state index contributed by atoms with van der Waals surface area (Å²) < 4.78 is 0. The van der Waals surface area contributed by atoms with Crippen LogP contribution < -0.4 is 24.8 Å². The van der Waals surface area contributed by atoms with Crippen LogP contribution in [0.15, 0.2) is 65.8 Å². The standard InChI is InChI=1S/C30H31.2ClH.Zr/c1-18-9-28(30-15-20-10-21(16-30)12-22(11-20)17-30)19(2)29(18)25-8-7-24-13-23-5-3-4-6-26(23)27(24)14-25;;;/h3-9,13-14,18,20-22H,10-12,15-17H2,1-2H3;2*1H;/q-1;;;+3/p-2. The average molecular weight is 554 g/mol. The molecule has 3 aromatic carbocycles. The summed E-state index contributed by atoms with van der Waals surface area (Å²) >= 11 is 0. The van der Waals surface area contributed by atoms with Crippen LogP contribution in [0.5, 0.6) is 0 Å². The van der Waals surface area contributed by atoms with Crippen molar-refractivity contribution in [2.24, 2.45) is 29.1 Å². The monoisotopic (exact) mass is 551 g/mol. The fourth-order valence-electron chi connectivity index (χ4n) is 8.56. The number of hydrogen-bond donors (Lipinski definition) is 0. The zero-order valence-electron chi connectivity index (χ0n) is 19.5. The summed E-state index contributed by atoms with van der Waals surface area (Å²) in [7, 11) is 0. The maximum atomic E-state index is 2.67. The Bertz CT molecular complexity index is 1230. The smallest absolute Gasteiger partial charge is 1.00 e. The van der Waals surface area contributed by atoms with E-state index in [1.807, 2.05) is 0 Å². The Morgan fingerprint density at radius 3 is 2.09 bits per heavy atom. The molecule has 1 radical (unpaired) electrons. The third-order valence-corrected chi connectivity index (χ3v) is 9.22. The van der Waals surface area contributed by atoms with Gasteiger partial charge in [0.05, 0.1) is 0 Å². The van der Waals surface area contributed by atoms with Crippen LogP contribution >= 0.6 is 0 Å². The Hall–Kier alpha value is -0.747. The SMILES string of the molecule is CC1=C(c2ccc3[cH-]c4ccccc4c3c2)C(C)C=C1C12CC3CC(CC(C3)C1)C2.[Cl-].[Cl-].[Zr+3]. The van der Waals surface area contributed by atoms with Crippen LogP contribution in [-0.4, -0.2) is 0 Å². The summed E-state index contributed by atoms with van der Waals surface area (Å²) in [6.07, 6.45) is 11.7. The average Bonchev–Trinajstić information content (AvgIpc) is 3.24. The summed E-state index contributed by atoms with van der Waals surface area (Å²) in [4.78, 5) is 0. The fourth-order valence-corrected chi connectivity index (χ4v) is 8.56. The Morgan fingerprint density at radius 1 is 0.818 bits per heavy atom. The molecule has 0 saturated heterocycles. The molecular formula is C30H31Cl2Zr. The van der Waals surface area contributed by atoms with E-state index in [1.165, 1.54) is 65.6 Å². The molecule has 4 bridgehead atoms. The number of halogens is 2. The molecule has 0 N–H and O–H groups in total. The number of hydrogen-bond acceptors (Lipinski definition) is 0. The van der Waals surface area contributed by atoms with Gasteiger partial charge in [0.25, 0.3) is 0 Å². The first-order valence-electron chi connectivity index (χ1n) is 12.1. The Labute approximate surface area is 229 Å². The van der Waals surface area contributed by atoms with Gasteiger partial charge < -0.3 is 24.8 Å². The molecular weight excluding hydrogens is 522 g/mol. The van der Waals surface area contributed by atoms with Gasteiger partial charge in [-0.25, -0.2) is 0 Å². The van der Waals surface area contributed by atoms with Crippen molar-refractivity contribution in [2.45, 2.75) is 52.4 Å². The van der Waals surface area contributed by atoms with Gasteiger partial charge in [0.1, 0.15) is 0 Å². The molecule has 5 aliphatic rings. The van der Waals surface area contributed by atoms with Gasteiger partial charge in [0, 0.05) is 5.92 Å². The molecule has 3 heteroatoms. The van der Waals surface area contributed by atoms with Gasteiger partial charge in [-0.3, -0.25) is 0 Å². The summed E-state index contributed by atoms with van der Waals surface area (Å²) in [5.74, 6) is 3.57. The van der Waals surface area contributed by atoms with Crippen LogP contribution in [0.2, 0.25) is 0 Å². The Kier molecular flexibility index (Phi) is 6.94. The van der Waals surface area contributed by atoms with Crippen LogP contribution in [0.25, 0.3) is 27.1 Å². The Morgan fingerprint density at radius 2 is 1.42 bits per heavy atom. The van der Waals surface area contributed by atoms with E-state index in [4.69, 9.17) is 0 Å². The van der Waals surface area contributed by atoms with Crippen LogP contribution in [0.1, 0.15) is 57.9 Å². The summed E-state index contributed by atoms with van der Waals surface area (Å²) in [5.41, 5.74) is 6.90. The van der Waals surface area contributed by atoms with Gasteiger partial charge in [-0.2, -0.15) is 0 Å². The van der Waals surface area contributed by atoms with E-state index in [0.717, 1.165) is 17.8 Å². The molecule has 5 aliphatic carbocycles. The van der Waals surface area contributed by atoms with Crippen molar-refractivity contribution in [3.8, 4) is 0 Å². The quantitative estimate of drug-likeness (QED) is 0.428. The molecule has 0 aliphatic heterocycles. The molecule has 0 amide bonds. The second kappa shape index (κ2) is 9.04. The fraction of sp³-hybridized carbons (Fsp3) is 0.433. The van der Waals surface area contributed by atoms with E-state index in [2.05, 4.69) is 68.5 Å². The van der Waals surface area contributed by atoms with Gasteiger partial charge in [0.2, 0.25) is 0 Å². The van der Waals surface area contributed by atoms with E-state index < -0.39 is 0 Å². The Balaban J connectivity index is 0.000000864. The first-order chi connectivity index (χ1) is 14.6. The summed E-state index contributed by atoms with van der Waals surface area (Å²) in [6, 6.07) is 18.4. The summed E-state index contributed by atoms with van der Waals surface area (Å²) in [5, 5.41) is 5.55. The first kappa shape index (κ1) is 25.3. The minimum absolute atomic E-state index is 0. The first-order valence-corrected chi connectivity index (χ1v) is 12.1. The molecule has 4 fully saturated rings. The van der Waals surface area contributed by atoms with Gasteiger partial charge in [-0.1, -0.05) is 43.3 Å². The zero-order chi connectivity index (χ0) is 20.0. The van der Waals surface area contributed by atoms with E-state index in [9.17, 15) is 0 Å². The molecule has 3 aromatic rings. The number of benzene rings is 2. The topological polar surface area (TPSA) is 0 Å². The summed E-state index contributed by atoms with van der Waals surface area (Å²) in [6.45, 7) is 4.87. The van der Waals surface area contributed by atoms with Gasteiger partial charge in [-0.05, 0) is 90.9 Å². The van der Waals surface area contributed by atoms with E-state index in [0.29, 0.717) is 11.3 Å². The van der Waals surface area contributed by atoms with Crippen LogP contribution in [0.3, 0.4) is 0 Å². The molecule has 169 valence electrons. The van der Waals surface area contributed by atoms with Crippen LogP contribution in [0.4, 0.5) is 0 Å². The third kappa shape index (κ3) is 3.77. The maximum Gasteiger partial charge on any atom is 3.00 e. The molecule has 4 saturated carbocycles. The van der Waals surface area contributed by atoms with Gasteiger partial charge in [0.15, 0.2) is 0 Å². The van der Waals surface area contributed by atoms with Crippen molar-refractivity contribution < 1.29 is 51.0 Å². The predicted molar refractivity (Wildman–Crippen MR) is 127 cm³/mol. The van der Waals surface area contributed by atoms with Gasteiger partial charge in [-0.15, -0.1) is 39.7 Å². The third-order valence-electron chi connectivity index (χ3n) is 9.22. The zero-order valence-corrected chi connectivity index (χ0v) is 23.5. The van der Waals surface area contributed by atoms with E-state index in [-0.39, 0.29) is 51.0 Å². The normalized spacial score (nSPS) is 31.9. The maximum absolute atomic E-state index is 2.67. The number of fused-ring (bicyclic) bond motifs is 3. The van der Waals surface area contributed by atoms with Crippen LogP contribution in [0, 0.1) is 29.1 Å². The van der Waals surface area contributed by atoms with Gasteiger partial charge >= 0.3 is 26.2 Å². The number of allylic oxidation sites excluding steroid dienone is 4. The molecule has 0 nitrogen and oxygen atoms in total. The van der Waals surface area contributed by atoms with Crippen molar-refractivity contribution in [1.29, 1.82) is 0 Å². The largest absolute Gasteiger partial charge is 3.00 e. The number of rotatable bonds is 2. The molecule has 33 heavy (non-hydrogen) atoms. The minimum atomic E-state index is 0. The van der Waals surface area contributed by atoms with Crippen molar-refractivity contribution in [3.63, 3.8) is 0 Å². The second-order valence-electron chi connectivity index (χ2n) is 11.1. The molecule has 0 spiro atoms. The molecule has 0 aromatic heterocycles. The predicted octanol–water partition coefficient (Wildman–Crippen LogP) is 2.28. The second-order valence-corrected chi connectivity index (χ2v) is 11.1. The van der Waals surface area contributed by atoms with E-state index in [1.54, 1.807) is 16.7 Å². The van der Waals surface area contributed by atoms with Crippen LogP contribution in [-0.2, 0) is 26.2 Å². The van der Waals surface area contributed by atoms with Crippen molar-refractivity contribution >= 4 is 27.1 Å². The molecule has 0 heterocycles. The van der Waals surface area contributed by atoms with Crippen molar-refractivity contribution in [2.75, 3.05) is 0 Å². The molecule has 1 unspecified atom stereocenters. The van der Waals surface area contributed by atoms with Crippen molar-refractivity contribution in [1.82, 2.24) is 0 Å². The molecule has 1 atom stereocenters.